The van der Waals surface area contributed by atoms with Gasteiger partial charge in [0.25, 0.3) is 0 Å². The largest absolute Gasteiger partial charge is 0.282 e. The summed E-state index contributed by atoms with van der Waals surface area (Å²) in [6.45, 7) is 0.437. The van der Waals surface area contributed by atoms with E-state index in [1.807, 2.05) is 5.38 Å². The standard InChI is InChI=1S/C11H13ClN2O2S/c12-6-8-7-17-9(13-8)4-5-14-10(15)2-1-3-11(14)16/h7H,1-6H2. The van der Waals surface area contributed by atoms with Crippen LogP contribution in [0.5, 0.6) is 0 Å². The average molecular weight is 273 g/mol. The highest BCUT2D eigenvalue weighted by Gasteiger charge is 2.25. The first-order chi connectivity index (χ1) is 8.20. The fraction of sp³-hybridized carbons (Fsp3) is 0.545. The number of carbonyl (C=O) groups excluding carboxylic acids is 2. The summed E-state index contributed by atoms with van der Waals surface area (Å²) in [5.74, 6) is 0.281. The van der Waals surface area contributed by atoms with E-state index in [2.05, 4.69) is 4.98 Å². The number of carbonyl (C=O) groups is 2. The van der Waals surface area contributed by atoms with Gasteiger partial charge in [0.2, 0.25) is 11.8 Å². The molecule has 2 amide bonds. The number of halogens is 1. The van der Waals surface area contributed by atoms with Crippen LogP contribution in [0.1, 0.15) is 30.0 Å². The van der Waals surface area contributed by atoms with E-state index in [0.29, 0.717) is 38.1 Å². The maximum atomic E-state index is 11.6. The summed E-state index contributed by atoms with van der Waals surface area (Å²) in [6, 6.07) is 0. The van der Waals surface area contributed by atoms with Crippen LogP contribution in [0, 0.1) is 0 Å². The van der Waals surface area contributed by atoms with Gasteiger partial charge < -0.3 is 0 Å². The highest BCUT2D eigenvalue weighted by Crippen LogP contribution is 2.16. The van der Waals surface area contributed by atoms with Crippen molar-refractivity contribution in [1.82, 2.24) is 9.88 Å². The number of thiazole rings is 1. The third-order valence-corrected chi connectivity index (χ3v) is 3.90. The van der Waals surface area contributed by atoms with Gasteiger partial charge in [0.1, 0.15) is 0 Å². The number of rotatable bonds is 4. The van der Waals surface area contributed by atoms with Crippen LogP contribution in [-0.4, -0.2) is 28.2 Å². The zero-order chi connectivity index (χ0) is 12.3. The predicted molar refractivity (Wildman–Crippen MR) is 65.9 cm³/mol. The van der Waals surface area contributed by atoms with Crippen molar-refractivity contribution in [2.45, 2.75) is 31.6 Å². The molecule has 2 heterocycles. The summed E-state index contributed by atoms with van der Waals surface area (Å²) in [7, 11) is 0. The van der Waals surface area contributed by atoms with E-state index in [-0.39, 0.29) is 11.8 Å². The van der Waals surface area contributed by atoms with Gasteiger partial charge in [-0.25, -0.2) is 4.98 Å². The lowest BCUT2D eigenvalue weighted by atomic mass is 10.1. The molecule has 1 saturated heterocycles. The Bertz CT molecular complexity index is 417. The molecule has 0 N–H and O–H groups in total. The topological polar surface area (TPSA) is 50.3 Å². The first-order valence-electron chi connectivity index (χ1n) is 5.53. The molecule has 1 aromatic rings. The summed E-state index contributed by atoms with van der Waals surface area (Å²) in [5, 5.41) is 2.83. The number of piperidine rings is 1. The van der Waals surface area contributed by atoms with Crippen molar-refractivity contribution in [2.24, 2.45) is 0 Å². The second-order valence-electron chi connectivity index (χ2n) is 3.91. The van der Waals surface area contributed by atoms with Crippen LogP contribution in [0.4, 0.5) is 0 Å². The lowest BCUT2D eigenvalue weighted by Gasteiger charge is -2.24. The number of imide groups is 1. The molecule has 92 valence electrons. The number of aromatic nitrogens is 1. The highest BCUT2D eigenvalue weighted by molar-refractivity contribution is 7.09. The molecule has 6 heteroatoms. The van der Waals surface area contributed by atoms with Crippen LogP contribution in [0.25, 0.3) is 0 Å². The fourth-order valence-corrected chi connectivity index (χ4v) is 2.80. The molecule has 0 bridgehead atoms. The van der Waals surface area contributed by atoms with Crippen molar-refractivity contribution >= 4 is 34.8 Å². The molecular weight excluding hydrogens is 260 g/mol. The van der Waals surface area contributed by atoms with E-state index in [1.54, 1.807) is 0 Å². The number of alkyl halides is 1. The molecule has 0 saturated carbocycles. The maximum Gasteiger partial charge on any atom is 0.229 e. The minimum atomic E-state index is -0.0598. The van der Waals surface area contributed by atoms with Crippen LogP contribution >= 0.6 is 22.9 Å². The molecule has 0 aliphatic carbocycles. The van der Waals surface area contributed by atoms with Crippen LogP contribution < -0.4 is 0 Å². The van der Waals surface area contributed by atoms with E-state index in [9.17, 15) is 9.59 Å². The quantitative estimate of drug-likeness (QED) is 0.622. The molecule has 0 radical (unpaired) electrons. The van der Waals surface area contributed by atoms with E-state index in [0.717, 1.165) is 10.7 Å². The molecule has 0 unspecified atom stereocenters. The number of hydrogen-bond acceptors (Lipinski definition) is 4. The Balaban J connectivity index is 1.92. The van der Waals surface area contributed by atoms with Gasteiger partial charge >= 0.3 is 0 Å². The zero-order valence-electron chi connectivity index (χ0n) is 9.32. The van der Waals surface area contributed by atoms with Crippen molar-refractivity contribution in [1.29, 1.82) is 0 Å². The van der Waals surface area contributed by atoms with Crippen molar-refractivity contribution < 1.29 is 9.59 Å². The minimum Gasteiger partial charge on any atom is -0.282 e. The summed E-state index contributed by atoms with van der Waals surface area (Å²) >= 11 is 7.18. The predicted octanol–water partition coefficient (Wildman–Crippen LogP) is 1.96. The molecule has 17 heavy (non-hydrogen) atoms. The van der Waals surface area contributed by atoms with Crippen LogP contribution in [-0.2, 0) is 21.9 Å². The second-order valence-corrected chi connectivity index (χ2v) is 5.12. The summed E-state index contributed by atoms with van der Waals surface area (Å²) in [4.78, 5) is 28.8. The third-order valence-electron chi connectivity index (χ3n) is 2.67. The van der Waals surface area contributed by atoms with Crippen LogP contribution in [0.3, 0.4) is 0 Å². The normalized spacial score (nSPS) is 16.6. The van der Waals surface area contributed by atoms with Gasteiger partial charge in [-0.15, -0.1) is 22.9 Å². The second kappa shape index (κ2) is 5.60. The van der Waals surface area contributed by atoms with Gasteiger partial charge in [0.05, 0.1) is 16.6 Å². The summed E-state index contributed by atoms with van der Waals surface area (Å²) in [5.41, 5.74) is 0.850. The van der Waals surface area contributed by atoms with Crippen molar-refractivity contribution in [3.63, 3.8) is 0 Å². The summed E-state index contributed by atoms with van der Waals surface area (Å²) < 4.78 is 0. The number of hydrogen-bond donors (Lipinski definition) is 0. The Morgan fingerprint density at radius 3 is 2.65 bits per heavy atom. The first-order valence-corrected chi connectivity index (χ1v) is 6.94. The van der Waals surface area contributed by atoms with E-state index in [1.165, 1.54) is 16.2 Å². The molecule has 1 aliphatic heterocycles. The van der Waals surface area contributed by atoms with Gasteiger partial charge in [0, 0.05) is 31.2 Å². The molecular formula is C11H13ClN2O2S. The van der Waals surface area contributed by atoms with Crippen molar-refractivity contribution in [3.8, 4) is 0 Å². The maximum absolute atomic E-state index is 11.6. The molecule has 4 nitrogen and oxygen atoms in total. The van der Waals surface area contributed by atoms with Crippen molar-refractivity contribution in [3.05, 3.63) is 16.1 Å². The molecule has 0 spiro atoms. The monoisotopic (exact) mass is 272 g/mol. The van der Waals surface area contributed by atoms with E-state index < -0.39 is 0 Å². The van der Waals surface area contributed by atoms with Crippen LogP contribution in [0.15, 0.2) is 5.38 Å². The molecule has 0 atom stereocenters. The van der Waals surface area contributed by atoms with E-state index >= 15 is 0 Å². The van der Waals surface area contributed by atoms with Gasteiger partial charge in [-0.3, -0.25) is 14.5 Å². The summed E-state index contributed by atoms with van der Waals surface area (Å²) in [6.07, 6.45) is 2.27. The molecule has 0 aromatic carbocycles. The van der Waals surface area contributed by atoms with Gasteiger partial charge in [0.15, 0.2) is 0 Å². The minimum absolute atomic E-state index is 0.0598. The number of amides is 2. The Kier molecular flexibility index (Phi) is 4.12. The Labute approximate surface area is 109 Å². The lowest BCUT2D eigenvalue weighted by molar-refractivity contribution is -0.147. The Morgan fingerprint density at radius 1 is 1.35 bits per heavy atom. The van der Waals surface area contributed by atoms with Crippen molar-refractivity contribution in [2.75, 3.05) is 6.54 Å². The average Bonchev–Trinajstić information content (AvgIpc) is 2.76. The van der Waals surface area contributed by atoms with E-state index in [4.69, 9.17) is 11.6 Å². The van der Waals surface area contributed by atoms with Crippen LogP contribution in [0.2, 0.25) is 0 Å². The molecule has 1 fully saturated rings. The first kappa shape index (κ1) is 12.5. The number of likely N-dealkylation sites (tertiary alicyclic amines) is 1. The number of nitrogens with zero attached hydrogens (tertiary/aromatic N) is 2. The Hall–Kier alpha value is -0.940. The SMILES string of the molecule is O=C1CCCC(=O)N1CCc1nc(CCl)cs1. The highest BCUT2D eigenvalue weighted by atomic mass is 35.5. The van der Waals surface area contributed by atoms with Gasteiger partial charge in [-0.1, -0.05) is 0 Å². The molecule has 1 aliphatic rings. The third kappa shape index (κ3) is 3.04. The lowest BCUT2D eigenvalue weighted by Crippen LogP contribution is -2.41. The van der Waals surface area contributed by atoms with Gasteiger partial charge in [-0.05, 0) is 6.42 Å². The smallest absolute Gasteiger partial charge is 0.229 e. The zero-order valence-corrected chi connectivity index (χ0v) is 10.9. The fourth-order valence-electron chi connectivity index (χ4n) is 1.78. The molecule has 2 rings (SSSR count). The Morgan fingerprint density at radius 2 is 2.06 bits per heavy atom. The molecule has 1 aromatic heterocycles. The van der Waals surface area contributed by atoms with Gasteiger partial charge in [-0.2, -0.15) is 0 Å².